The van der Waals surface area contributed by atoms with E-state index >= 15 is 0 Å². The molecule has 2 amide bonds. The van der Waals surface area contributed by atoms with Crippen LogP contribution in [-0.4, -0.2) is 36.4 Å². The molecule has 0 aliphatic rings. The molecule has 0 aliphatic carbocycles. The maximum Gasteiger partial charge on any atom is 0.410 e. The van der Waals surface area contributed by atoms with Crippen LogP contribution in [0.3, 0.4) is 0 Å². The van der Waals surface area contributed by atoms with Gasteiger partial charge in [-0.3, -0.25) is 4.79 Å². The Morgan fingerprint density at radius 3 is 2.55 bits per heavy atom. The van der Waals surface area contributed by atoms with Crippen molar-refractivity contribution < 1.29 is 19.1 Å². The smallest absolute Gasteiger partial charge is 0.410 e. The first-order chi connectivity index (χ1) is 13.9. The number of ether oxygens (including phenoxy) is 2. The zero-order chi connectivity index (χ0) is 21.2. The number of para-hydroxylation sites is 1. The number of anilines is 2. The van der Waals surface area contributed by atoms with Crippen molar-refractivity contribution in [1.29, 1.82) is 0 Å². The predicted molar refractivity (Wildman–Crippen MR) is 107 cm³/mol. The molecule has 1 heterocycles. The summed E-state index contributed by atoms with van der Waals surface area (Å²) >= 11 is 0. The van der Waals surface area contributed by atoms with Gasteiger partial charge in [-0.1, -0.05) is 12.1 Å². The van der Waals surface area contributed by atoms with Crippen LogP contribution in [0.1, 0.15) is 13.8 Å². The van der Waals surface area contributed by atoms with Crippen LogP contribution in [0.5, 0.6) is 5.75 Å². The van der Waals surface area contributed by atoms with Crippen LogP contribution in [0.15, 0.2) is 46.6 Å². The summed E-state index contributed by atoms with van der Waals surface area (Å²) in [5.74, 6) is 0.321. The maximum absolute atomic E-state index is 11.5. The van der Waals surface area contributed by atoms with E-state index in [1.54, 1.807) is 30.3 Å². The van der Waals surface area contributed by atoms with Crippen molar-refractivity contribution in [3.8, 4) is 5.75 Å². The number of nitrogen functional groups attached to an aromatic ring is 1. The minimum Gasteiger partial charge on any atom is -0.455 e. The van der Waals surface area contributed by atoms with Crippen molar-refractivity contribution >= 4 is 35.0 Å². The highest BCUT2D eigenvalue weighted by Gasteiger charge is 2.08. The lowest BCUT2D eigenvalue weighted by Gasteiger charge is -2.11. The normalized spacial score (nSPS) is 10.8. The fourth-order valence-electron chi connectivity index (χ4n) is 2.01. The molecular weight excluding hydrogens is 378 g/mol. The summed E-state index contributed by atoms with van der Waals surface area (Å²) in [4.78, 5) is 26.8. The maximum atomic E-state index is 11.5. The minimum atomic E-state index is -0.584. The Balaban J connectivity index is 2.04. The molecule has 0 bridgehead atoms. The Labute approximate surface area is 167 Å². The summed E-state index contributed by atoms with van der Waals surface area (Å²) < 4.78 is 10.4. The van der Waals surface area contributed by atoms with Crippen molar-refractivity contribution in [2.45, 2.75) is 19.9 Å². The molecule has 11 heteroatoms. The van der Waals surface area contributed by atoms with E-state index in [1.165, 1.54) is 6.07 Å². The zero-order valence-electron chi connectivity index (χ0n) is 16.1. The number of nitrogens with zero attached hydrogens (tertiary/aromatic N) is 3. The fourth-order valence-corrected chi connectivity index (χ4v) is 2.01. The molecule has 0 saturated carbocycles. The van der Waals surface area contributed by atoms with Gasteiger partial charge in [0.25, 0.3) is 0 Å². The van der Waals surface area contributed by atoms with Crippen molar-refractivity contribution in [3.63, 3.8) is 0 Å². The second kappa shape index (κ2) is 10.6. The first kappa shape index (κ1) is 21.6. The van der Waals surface area contributed by atoms with E-state index < -0.39 is 6.09 Å². The van der Waals surface area contributed by atoms with Gasteiger partial charge in [0.15, 0.2) is 11.6 Å². The Morgan fingerprint density at radius 1 is 1.14 bits per heavy atom. The monoisotopic (exact) mass is 401 g/mol. The number of nitrogens with one attached hydrogen (secondary N) is 2. The van der Waals surface area contributed by atoms with Gasteiger partial charge >= 0.3 is 6.09 Å². The molecule has 1 aromatic carbocycles. The predicted octanol–water partition coefficient (Wildman–Crippen LogP) is 2.45. The topological polar surface area (TPSA) is 166 Å². The lowest BCUT2D eigenvalue weighted by Crippen LogP contribution is -2.31. The Hall–Kier alpha value is -3.73. The van der Waals surface area contributed by atoms with Crippen LogP contribution < -0.4 is 26.8 Å². The third kappa shape index (κ3) is 7.07. The van der Waals surface area contributed by atoms with E-state index in [1.807, 2.05) is 13.8 Å². The summed E-state index contributed by atoms with van der Waals surface area (Å²) in [6.45, 7) is 3.18. The lowest BCUT2D eigenvalue weighted by atomic mass is 10.3. The zero-order valence-corrected chi connectivity index (χ0v) is 16.1. The summed E-state index contributed by atoms with van der Waals surface area (Å²) in [5, 5.41) is 13.2. The first-order valence-corrected chi connectivity index (χ1v) is 8.72. The molecule has 11 nitrogen and oxygen atoms in total. The highest BCUT2D eigenvalue weighted by molar-refractivity contribution is 5.91. The summed E-state index contributed by atoms with van der Waals surface area (Å²) in [5.41, 5.74) is 11.8. The number of hydrogen-bond acceptors (Lipinski definition) is 9. The van der Waals surface area contributed by atoms with Crippen LogP contribution in [0, 0.1) is 0 Å². The standard InChI is InChI=1S/C18H23N7O4/c1-11(2)21-18(27)29-10-28-14-6-4-3-5-12(14)24-25-13-7-8-15(23-17(13)20)22-16(26)9-19/h3-8,11H,9-10,19H2,1-2H3,(H,21,27)(H3,20,22,23,26). The molecule has 29 heavy (non-hydrogen) atoms. The second-order valence-electron chi connectivity index (χ2n) is 6.01. The van der Waals surface area contributed by atoms with Gasteiger partial charge in [-0.2, -0.15) is 0 Å². The molecule has 154 valence electrons. The summed E-state index contributed by atoms with van der Waals surface area (Å²) in [6, 6.07) is 9.87. The summed E-state index contributed by atoms with van der Waals surface area (Å²) in [7, 11) is 0. The van der Waals surface area contributed by atoms with Crippen LogP contribution in [0.25, 0.3) is 0 Å². The van der Waals surface area contributed by atoms with Gasteiger partial charge in [0.05, 0.1) is 6.54 Å². The lowest BCUT2D eigenvalue weighted by molar-refractivity contribution is -0.114. The van der Waals surface area contributed by atoms with Gasteiger partial charge < -0.3 is 31.6 Å². The van der Waals surface area contributed by atoms with E-state index in [2.05, 4.69) is 25.8 Å². The van der Waals surface area contributed by atoms with E-state index in [0.29, 0.717) is 17.1 Å². The number of pyridine rings is 1. The van der Waals surface area contributed by atoms with Gasteiger partial charge in [0, 0.05) is 6.04 Å². The molecule has 1 aromatic heterocycles. The van der Waals surface area contributed by atoms with Gasteiger partial charge in [-0.25, -0.2) is 9.78 Å². The average molecular weight is 401 g/mol. The van der Waals surface area contributed by atoms with Gasteiger partial charge in [0.2, 0.25) is 12.7 Å². The van der Waals surface area contributed by atoms with E-state index in [0.717, 1.165) is 0 Å². The van der Waals surface area contributed by atoms with E-state index in [4.69, 9.17) is 20.9 Å². The molecule has 2 rings (SSSR count). The van der Waals surface area contributed by atoms with E-state index in [-0.39, 0.29) is 36.9 Å². The first-order valence-electron chi connectivity index (χ1n) is 8.72. The van der Waals surface area contributed by atoms with Crippen LogP contribution in [0.4, 0.5) is 27.8 Å². The van der Waals surface area contributed by atoms with Gasteiger partial charge in [0.1, 0.15) is 17.2 Å². The van der Waals surface area contributed by atoms with Crippen molar-refractivity contribution in [1.82, 2.24) is 10.3 Å². The molecule has 0 spiro atoms. The number of benzene rings is 1. The molecule has 0 unspecified atom stereocenters. The quantitative estimate of drug-likeness (QED) is 0.389. The Morgan fingerprint density at radius 2 is 1.86 bits per heavy atom. The number of nitrogens with two attached hydrogens (primary N) is 2. The Bertz CT molecular complexity index is 886. The van der Waals surface area contributed by atoms with Crippen LogP contribution >= 0.6 is 0 Å². The number of rotatable bonds is 8. The molecule has 0 atom stereocenters. The largest absolute Gasteiger partial charge is 0.455 e. The third-order valence-corrected chi connectivity index (χ3v) is 3.30. The number of alkyl carbamates (subject to hydrolysis) is 1. The number of hydrogen-bond donors (Lipinski definition) is 4. The third-order valence-electron chi connectivity index (χ3n) is 3.30. The molecule has 0 radical (unpaired) electrons. The van der Waals surface area contributed by atoms with Crippen molar-refractivity contribution in [2.75, 3.05) is 24.4 Å². The number of carbonyl (C=O) groups is 2. The SMILES string of the molecule is CC(C)NC(=O)OCOc1ccccc1N=Nc1ccc(NC(=O)CN)nc1N. The second-order valence-corrected chi connectivity index (χ2v) is 6.01. The average Bonchev–Trinajstić information content (AvgIpc) is 2.67. The van der Waals surface area contributed by atoms with Gasteiger partial charge in [-0.15, -0.1) is 10.2 Å². The molecule has 0 saturated heterocycles. The highest BCUT2D eigenvalue weighted by Crippen LogP contribution is 2.30. The number of aromatic nitrogens is 1. The molecule has 0 fully saturated rings. The Kier molecular flexibility index (Phi) is 7.86. The van der Waals surface area contributed by atoms with Gasteiger partial charge in [-0.05, 0) is 38.1 Å². The number of azo groups is 1. The molecule has 2 aromatic rings. The highest BCUT2D eigenvalue weighted by atomic mass is 16.7. The fraction of sp³-hybridized carbons (Fsp3) is 0.278. The minimum absolute atomic E-state index is 0.0438. The van der Waals surface area contributed by atoms with Crippen LogP contribution in [-0.2, 0) is 9.53 Å². The molecular formula is C18H23N7O4. The number of amides is 2. The number of carbonyl (C=O) groups excluding carboxylic acids is 2. The van der Waals surface area contributed by atoms with Crippen molar-refractivity contribution in [3.05, 3.63) is 36.4 Å². The summed E-state index contributed by atoms with van der Waals surface area (Å²) in [6.07, 6.45) is -0.584. The molecule has 0 aliphatic heterocycles. The van der Waals surface area contributed by atoms with Crippen LogP contribution in [0.2, 0.25) is 0 Å². The van der Waals surface area contributed by atoms with Crippen molar-refractivity contribution in [2.24, 2.45) is 16.0 Å². The molecule has 6 N–H and O–H groups in total. The van der Waals surface area contributed by atoms with E-state index in [9.17, 15) is 9.59 Å².